The number of aryl methyl sites for hydroxylation is 2. The van der Waals surface area contributed by atoms with E-state index in [0.717, 1.165) is 27.5 Å². The molecule has 3 rings (SSSR count). The Morgan fingerprint density at radius 3 is 2.65 bits per heavy atom. The van der Waals surface area contributed by atoms with Crippen LogP contribution in [0.5, 0.6) is 0 Å². The van der Waals surface area contributed by atoms with Crippen LogP contribution in [0.1, 0.15) is 11.1 Å². The van der Waals surface area contributed by atoms with Gasteiger partial charge in [0.2, 0.25) is 5.91 Å². The molecule has 3 aromatic rings. The van der Waals surface area contributed by atoms with E-state index >= 15 is 0 Å². The minimum absolute atomic E-state index is 0.104. The highest BCUT2D eigenvalue weighted by Crippen LogP contribution is 2.28. The molecule has 26 heavy (non-hydrogen) atoms. The average Bonchev–Trinajstić information content (AvgIpc) is 2.98. The number of carbonyl (C=O) groups is 1. The van der Waals surface area contributed by atoms with Crippen LogP contribution in [0.15, 0.2) is 53.8 Å². The van der Waals surface area contributed by atoms with Gasteiger partial charge in [-0.1, -0.05) is 59.8 Å². The van der Waals surface area contributed by atoms with Crippen molar-refractivity contribution in [1.82, 2.24) is 9.55 Å². The zero-order chi connectivity index (χ0) is 18.7. The first-order valence-electron chi connectivity index (χ1n) is 8.22. The van der Waals surface area contributed by atoms with E-state index in [0.29, 0.717) is 10.7 Å². The molecule has 0 aliphatic rings. The lowest BCUT2D eigenvalue weighted by atomic mass is 10.1. The van der Waals surface area contributed by atoms with Gasteiger partial charge in [0.25, 0.3) is 0 Å². The van der Waals surface area contributed by atoms with Crippen LogP contribution in [0.3, 0.4) is 0 Å². The zero-order valence-corrected chi connectivity index (χ0v) is 16.5. The molecule has 4 nitrogen and oxygen atoms in total. The summed E-state index contributed by atoms with van der Waals surface area (Å²) in [6.45, 7) is 3.91. The molecular weight excluding hydrogens is 366 g/mol. The summed E-state index contributed by atoms with van der Waals surface area (Å²) < 4.78 is 2.00. The molecule has 134 valence electrons. The van der Waals surface area contributed by atoms with Crippen molar-refractivity contribution in [3.63, 3.8) is 0 Å². The second-order valence-corrected chi connectivity index (χ2v) is 7.48. The van der Waals surface area contributed by atoms with E-state index in [1.54, 1.807) is 0 Å². The predicted octanol–water partition coefficient (Wildman–Crippen LogP) is 5.09. The summed E-state index contributed by atoms with van der Waals surface area (Å²) in [6, 6.07) is 13.9. The predicted molar refractivity (Wildman–Crippen MR) is 109 cm³/mol. The number of thioether (sulfide) groups is 1. The number of halogens is 1. The number of hydrogen-bond donors (Lipinski definition) is 1. The van der Waals surface area contributed by atoms with Crippen LogP contribution in [-0.2, 0) is 11.8 Å². The number of carbonyl (C=O) groups excluding carboxylic acids is 1. The monoisotopic (exact) mass is 385 g/mol. The summed E-state index contributed by atoms with van der Waals surface area (Å²) in [5, 5.41) is 4.26. The molecule has 0 atom stereocenters. The van der Waals surface area contributed by atoms with E-state index in [9.17, 15) is 4.79 Å². The van der Waals surface area contributed by atoms with Gasteiger partial charge in [0, 0.05) is 7.05 Å². The minimum Gasteiger partial charge on any atom is -0.324 e. The summed E-state index contributed by atoms with van der Waals surface area (Å²) in [7, 11) is 1.95. The number of amides is 1. The second-order valence-electron chi connectivity index (χ2n) is 6.13. The smallest absolute Gasteiger partial charge is 0.234 e. The molecule has 2 aromatic carbocycles. The Kier molecular flexibility index (Phi) is 5.69. The van der Waals surface area contributed by atoms with Gasteiger partial charge in [-0.25, -0.2) is 4.98 Å². The first-order chi connectivity index (χ1) is 12.5. The summed E-state index contributed by atoms with van der Waals surface area (Å²) in [5.41, 5.74) is 4.82. The topological polar surface area (TPSA) is 46.9 Å². The van der Waals surface area contributed by atoms with E-state index in [1.165, 1.54) is 11.8 Å². The second kappa shape index (κ2) is 7.98. The Balaban J connectivity index is 1.67. The van der Waals surface area contributed by atoms with Crippen molar-refractivity contribution < 1.29 is 4.79 Å². The van der Waals surface area contributed by atoms with Crippen LogP contribution in [0.4, 0.5) is 5.69 Å². The maximum atomic E-state index is 12.3. The first-order valence-corrected chi connectivity index (χ1v) is 9.58. The molecule has 0 spiro atoms. The normalized spacial score (nSPS) is 10.8. The lowest BCUT2D eigenvalue weighted by Crippen LogP contribution is -2.15. The summed E-state index contributed by atoms with van der Waals surface area (Å²) in [4.78, 5) is 16.8. The number of nitrogens with zero attached hydrogens (tertiary/aromatic N) is 2. The van der Waals surface area contributed by atoms with Gasteiger partial charge in [0.05, 0.1) is 28.4 Å². The standard InChI is InChI=1S/C20H20ClN3OS/c1-13-9-14(2)19(16(21)10-13)23-18(25)12-26-20-22-11-17(24(20)3)15-7-5-4-6-8-15/h4-11H,12H2,1-3H3,(H,23,25). The number of aromatic nitrogens is 2. The fourth-order valence-corrected chi connectivity index (χ4v) is 3.90. The van der Waals surface area contributed by atoms with Gasteiger partial charge in [-0.3, -0.25) is 4.79 Å². The molecule has 0 fully saturated rings. The number of imidazole rings is 1. The highest BCUT2D eigenvalue weighted by molar-refractivity contribution is 7.99. The largest absolute Gasteiger partial charge is 0.324 e. The average molecular weight is 386 g/mol. The Morgan fingerprint density at radius 2 is 1.96 bits per heavy atom. The molecule has 1 aromatic heterocycles. The molecule has 1 N–H and O–H groups in total. The maximum Gasteiger partial charge on any atom is 0.234 e. The number of nitrogens with one attached hydrogen (secondary N) is 1. The van der Waals surface area contributed by atoms with E-state index in [2.05, 4.69) is 10.3 Å². The van der Waals surface area contributed by atoms with Crippen LogP contribution in [0.25, 0.3) is 11.3 Å². The minimum atomic E-state index is -0.104. The summed E-state index contributed by atoms with van der Waals surface area (Å²) in [5.74, 6) is 0.163. The molecule has 0 saturated carbocycles. The molecule has 6 heteroatoms. The highest BCUT2D eigenvalue weighted by atomic mass is 35.5. The van der Waals surface area contributed by atoms with Crippen molar-refractivity contribution in [2.75, 3.05) is 11.1 Å². The van der Waals surface area contributed by atoms with Gasteiger partial charge in [0.15, 0.2) is 5.16 Å². The van der Waals surface area contributed by atoms with Crippen LogP contribution in [-0.4, -0.2) is 21.2 Å². The van der Waals surface area contributed by atoms with Crippen LogP contribution in [0.2, 0.25) is 5.02 Å². The summed E-state index contributed by atoms with van der Waals surface area (Å²) in [6.07, 6.45) is 1.83. The Morgan fingerprint density at radius 1 is 1.23 bits per heavy atom. The molecular formula is C20H20ClN3OS. The van der Waals surface area contributed by atoms with E-state index in [1.807, 2.05) is 74.1 Å². The van der Waals surface area contributed by atoms with Crippen molar-refractivity contribution in [2.45, 2.75) is 19.0 Å². The zero-order valence-electron chi connectivity index (χ0n) is 14.9. The first kappa shape index (κ1) is 18.5. The Hall–Kier alpha value is -2.24. The SMILES string of the molecule is Cc1cc(C)c(NC(=O)CSc2ncc(-c3ccccc3)n2C)c(Cl)c1. The lowest BCUT2D eigenvalue weighted by Gasteiger charge is -2.11. The molecule has 1 amide bonds. The molecule has 0 unspecified atom stereocenters. The Labute approximate surface area is 162 Å². The number of anilines is 1. The molecule has 0 radical (unpaired) electrons. The van der Waals surface area contributed by atoms with E-state index in [-0.39, 0.29) is 11.7 Å². The molecule has 0 saturated heterocycles. The van der Waals surface area contributed by atoms with Crippen LogP contribution in [0, 0.1) is 13.8 Å². The van der Waals surface area contributed by atoms with Crippen molar-refractivity contribution in [3.8, 4) is 11.3 Å². The van der Waals surface area contributed by atoms with Crippen molar-refractivity contribution in [2.24, 2.45) is 7.05 Å². The molecule has 0 aliphatic heterocycles. The van der Waals surface area contributed by atoms with Gasteiger partial charge in [-0.15, -0.1) is 0 Å². The van der Waals surface area contributed by atoms with Gasteiger partial charge >= 0.3 is 0 Å². The van der Waals surface area contributed by atoms with Crippen LogP contribution >= 0.6 is 23.4 Å². The van der Waals surface area contributed by atoms with Crippen molar-refractivity contribution >= 4 is 35.0 Å². The number of benzene rings is 2. The quantitative estimate of drug-likeness (QED) is 0.622. The van der Waals surface area contributed by atoms with Crippen molar-refractivity contribution in [3.05, 3.63) is 64.8 Å². The number of rotatable bonds is 5. The third-order valence-electron chi connectivity index (χ3n) is 4.04. The van der Waals surface area contributed by atoms with E-state index in [4.69, 9.17) is 11.6 Å². The summed E-state index contributed by atoms with van der Waals surface area (Å²) >= 11 is 7.66. The van der Waals surface area contributed by atoms with Gasteiger partial charge in [-0.05, 0) is 36.6 Å². The fraction of sp³-hybridized carbons (Fsp3) is 0.200. The van der Waals surface area contributed by atoms with E-state index < -0.39 is 0 Å². The molecule has 0 bridgehead atoms. The highest BCUT2D eigenvalue weighted by Gasteiger charge is 2.13. The maximum absolute atomic E-state index is 12.3. The number of hydrogen-bond acceptors (Lipinski definition) is 3. The third-order valence-corrected chi connectivity index (χ3v) is 5.39. The fourth-order valence-electron chi connectivity index (χ4n) is 2.78. The molecule has 0 aliphatic carbocycles. The lowest BCUT2D eigenvalue weighted by molar-refractivity contribution is -0.113. The molecule has 1 heterocycles. The van der Waals surface area contributed by atoms with Gasteiger partial charge in [0.1, 0.15) is 0 Å². The van der Waals surface area contributed by atoms with Gasteiger partial charge in [-0.2, -0.15) is 0 Å². The Bertz CT molecular complexity index is 914. The third kappa shape index (κ3) is 4.11. The van der Waals surface area contributed by atoms with Crippen molar-refractivity contribution in [1.29, 1.82) is 0 Å². The van der Waals surface area contributed by atoms with Gasteiger partial charge < -0.3 is 9.88 Å². The van der Waals surface area contributed by atoms with Crippen LogP contribution < -0.4 is 5.32 Å².